The highest BCUT2D eigenvalue weighted by Crippen LogP contribution is 2.29. The lowest BCUT2D eigenvalue weighted by Crippen LogP contribution is -2.39. The van der Waals surface area contributed by atoms with Gasteiger partial charge in [0, 0.05) is 24.4 Å². The number of rotatable bonds is 4. The van der Waals surface area contributed by atoms with Crippen molar-refractivity contribution in [2.24, 2.45) is 0 Å². The maximum Gasteiger partial charge on any atom is 0.329 e. The van der Waals surface area contributed by atoms with Gasteiger partial charge in [0.05, 0.1) is 13.2 Å². The van der Waals surface area contributed by atoms with Gasteiger partial charge in [0.1, 0.15) is 6.10 Å². The largest absolute Gasteiger partial charge is 0.481 e. The molecule has 0 spiro atoms. The standard InChI is InChI=1S/C14H17N5O4/c1-8-16-14(23-19-8)18-13(20)17-10-5-6-22-12(10)9-3-4-11(21-2)15-7-9/h3-4,7,10,12H,5-6H2,1-2H3,(H2,16,17,18,19,20)/t10-,12+/m1/s1. The average Bonchev–Trinajstić information content (AvgIpc) is 3.16. The Balaban J connectivity index is 1.62. The van der Waals surface area contributed by atoms with Crippen molar-refractivity contribution < 1.29 is 18.8 Å². The zero-order valence-corrected chi connectivity index (χ0v) is 12.8. The van der Waals surface area contributed by atoms with E-state index in [0.29, 0.717) is 24.7 Å². The van der Waals surface area contributed by atoms with Crippen LogP contribution in [0.4, 0.5) is 10.8 Å². The molecule has 122 valence electrons. The average molecular weight is 319 g/mol. The van der Waals surface area contributed by atoms with Gasteiger partial charge in [0.15, 0.2) is 5.82 Å². The van der Waals surface area contributed by atoms with Crippen molar-refractivity contribution in [2.45, 2.75) is 25.5 Å². The van der Waals surface area contributed by atoms with Gasteiger partial charge in [-0.25, -0.2) is 9.78 Å². The first-order valence-electron chi connectivity index (χ1n) is 7.15. The van der Waals surface area contributed by atoms with Crippen LogP contribution in [-0.4, -0.2) is 40.9 Å². The van der Waals surface area contributed by atoms with Crippen LogP contribution in [-0.2, 0) is 4.74 Å². The third-order valence-electron chi connectivity index (χ3n) is 3.45. The van der Waals surface area contributed by atoms with Crippen molar-refractivity contribution in [3.63, 3.8) is 0 Å². The molecule has 3 heterocycles. The number of carbonyl (C=O) groups excluding carboxylic acids is 1. The van der Waals surface area contributed by atoms with Crippen LogP contribution in [0.2, 0.25) is 0 Å². The number of hydrogen-bond donors (Lipinski definition) is 2. The zero-order chi connectivity index (χ0) is 16.2. The van der Waals surface area contributed by atoms with E-state index in [-0.39, 0.29) is 18.2 Å². The van der Waals surface area contributed by atoms with Gasteiger partial charge >= 0.3 is 12.0 Å². The first kappa shape index (κ1) is 15.2. The summed E-state index contributed by atoms with van der Waals surface area (Å²) in [5, 5.41) is 8.96. The minimum Gasteiger partial charge on any atom is -0.481 e. The van der Waals surface area contributed by atoms with Crippen molar-refractivity contribution in [1.29, 1.82) is 0 Å². The maximum absolute atomic E-state index is 12.0. The number of carbonyl (C=O) groups is 1. The topological polar surface area (TPSA) is 111 Å². The third kappa shape index (κ3) is 3.57. The molecule has 9 heteroatoms. The fourth-order valence-electron chi connectivity index (χ4n) is 2.40. The van der Waals surface area contributed by atoms with Gasteiger partial charge in [-0.15, -0.1) is 0 Å². The van der Waals surface area contributed by atoms with Crippen LogP contribution in [0.25, 0.3) is 0 Å². The number of nitrogens with zero attached hydrogens (tertiary/aromatic N) is 3. The summed E-state index contributed by atoms with van der Waals surface area (Å²) in [5.74, 6) is 0.979. The fraction of sp³-hybridized carbons (Fsp3) is 0.429. The molecular formula is C14H17N5O4. The molecule has 1 aliphatic rings. The molecule has 1 saturated heterocycles. The van der Waals surface area contributed by atoms with Gasteiger partial charge in [-0.05, 0) is 19.4 Å². The molecule has 0 aromatic carbocycles. The van der Waals surface area contributed by atoms with E-state index in [1.54, 1.807) is 26.3 Å². The van der Waals surface area contributed by atoms with Gasteiger partial charge in [-0.3, -0.25) is 5.32 Å². The van der Waals surface area contributed by atoms with Crippen LogP contribution in [0.1, 0.15) is 23.9 Å². The molecule has 3 rings (SSSR count). The molecule has 2 amide bonds. The van der Waals surface area contributed by atoms with E-state index in [1.165, 1.54) is 0 Å². The molecule has 2 aromatic heterocycles. The van der Waals surface area contributed by atoms with Gasteiger partial charge in [0.25, 0.3) is 0 Å². The monoisotopic (exact) mass is 319 g/mol. The first-order valence-corrected chi connectivity index (χ1v) is 7.15. The molecule has 0 unspecified atom stereocenters. The number of nitrogens with one attached hydrogen (secondary N) is 2. The molecule has 0 bridgehead atoms. The first-order chi connectivity index (χ1) is 11.2. The maximum atomic E-state index is 12.0. The number of aryl methyl sites for hydroxylation is 1. The predicted molar refractivity (Wildman–Crippen MR) is 79.1 cm³/mol. The van der Waals surface area contributed by atoms with Crippen LogP contribution in [0, 0.1) is 6.92 Å². The van der Waals surface area contributed by atoms with Crippen molar-refractivity contribution >= 4 is 12.0 Å². The van der Waals surface area contributed by atoms with Gasteiger partial charge < -0.3 is 19.3 Å². The summed E-state index contributed by atoms with van der Waals surface area (Å²) < 4.78 is 15.6. The molecule has 0 aliphatic carbocycles. The van der Waals surface area contributed by atoms with Crippen LogP contribution < -0.4 is 15.4 Å². The summed E-state index contributed by atoms with van der Waals surface area (Å²) in [5.41, 5.74) is 0.877. The van der Waals surface area contributed by atoms with Crippen LogP contribution in [0.5, 0.6) is 5.88 Å². The lowest BCUT2D eigenvalue weighted by Gasteiger charge is -2.19. The van der Waals surface area contributed by atoms with E-state index in [1.807, 2.05) is 6.07 Å². The van der Waals surface area contributed by atoms with Gasteiger partial charge in [-0.1, -0.05) is 5.16 Å². The lowest BCUT2D eigenvalue weighted by atomic mass is 10.0. The molecule has 23 heavy (non-hydrogen) atoms. The molecule has 2 atom stereocenters. The smallest absolute Gasteiger partial charge is 0.329 e. The van der Waals surface area contributed by atoms with Gasteiger partial charge in [0.2, 0.25) is 5.88 Å². The number of anilines is 1. The van der Waals surface area contributed by atoms with Crippen molar-refractivity contribution in [3.8, 4) is 5.88 Å². The van der Waals surface area contributed by atoms with E-state index < -0.39 is 6.03 Å². The Labute approximate surface area is 132 Å². The molecule has 0 radical (unpaired) electrons. The van der Waals surface area contributed by atoms with E-state index >= 15 is 0 Å². The van der Waals surface area contributed by atoms with Crippen LogP contribution >= 0.6 is 0 Å². The number of amides is 2. The zero-order valence-electron chi connectivity index (χ0n) is 12.8. The molecular weight excluding hydrogens is 302 g/mol. The van der Waals surface area contributed by atoms with Crippen molar-refractivity contribution in [1.82, 2.24) is 20.4 Å². The second-order valence-electron chi connectivity index (χ2n) is 5.07. The summed E-state index contributed by atoms with van der Waals surface area (Å²) in [7, 11) is 1.56. The number of pyridine rings is 1. The quantitative estimate of drug-likeness (QED) is 0.876. The number of hydrogen-bond acceptors (Lipinski definition) is 7. The molecule has 2 N–H and O–H groups in total. The van der Waals surface area contributed by atoms with Crippen molar-refractivity contribution in [2.75, 3.05) is 19.0 Å². The lowest BCUT2D eigenvalue weighted by molar-refractivity contribution is 0.100. The minimum atomic E-state index is -0.421. The van der Waals surface area contributed by atoms with Gasteiger partial charge in [-0.2, -0.15) is 4.98 Å². The Bertz CT molecular complexity index is 672. The Kier molecular flexibility index (Phi) is 4.38. The predicted octanol–water partition coefficient (Wildman–Crippen LogP) is 1.43. The van der Waals surface area contributed by atoms with E-state index in [9.17, 15) is 4.79 Å². The summed E-state index contributed by atoms with van der Waals surface area (Å²) in [6.07, 6.45) is 2.12. The Morgan fingerprint density at radius 2 is 2.30 bits per heavy atom. The normalized spacial score (nSPS) is 20.3. The molecule has 0 saturated carbocycles. The highest BCUT2D eigenvalue weighted by molar-refractivity contribution is 5.87. The minimum absolute atomic E-state index is 0.0570. The van der Waals surface area contributed by atoms with Crippen LogP contribution in [0.15, 0.2) is 22.9 Å². The second kappa shape index (κ2) is 6.61. The van der Waals surface area contributed by atoms with Crippen molar-refractivity contribution in [3.05, 3.63) is 29.7 Å². The van der Waals surface area contributed by atoms with E-state index in [2.05, 4.69) is 25.8 Å². The van der Waals surface area contributed by atoms with E-state index in [0.717, 1.165) is 5.56 Å². The second-order valence-corrected chi connectivity index (χ2v) is 5.07. The SMILES string of the molecule is COc1ccc([C@@H]2OCC[C@H]2NC(=O)Nc2nc(C)no2)cn1. The highest BCUT2D eigenvalue weighted by Gasteiger charge is 2.31. The third-order valence-corrected chi connectivity index (χ3v) is 3.45. The van der Waals surface area contributed by atoms with E-state index in [4.69, 9.17) is 14.0 Å². The summed E-state index contributed by atoms with van der Waals surface area (Å²) in [4.78, 5) is 20.1. The summed E-state index contributed by atoms with van der Waals surface area (Å²) in [6, 6.07) is 3.09. The molecule has 2 aromatic rings. The number of ether oxygens (including phenoxy) is 2. The Hall–Kier alpha value is -2.68. The van der Waals surface area contributed by atoms with Crippen LogP contribution in [0.3, 0.4) is 0 Å². The number of urea groups is 1. The molecule has 1 fully saturated rings. The number of aromatic nitrogens is 3. The Morgan fingerprint density at radius 3 is 2.96 bits per heavy atom. The molecule has 1 aliphatic heterocycles. The fourth-order valence-corrected chi connectivity index (χ4v) is 2.40. The highest BCUT2D eigenvalue weighted by atomic mass is 16.5. The summed E-state index contributed by atoms with van der Waals surface area (Å²) >= 11 is 0. The number of methoxy groups -OCH3 is 1. The Morgan fingerprint density at radius 1 is 1.43 bits per heavy atom. The summed E-state index contributed by atoms with van der Waals surface area (Å²) in [6.45, 7) is 2.23. The molecule has 9 nitrogen and oxygen atoms in total.